The Hall–Kier alpha value is -1.33. The molecule has 102 valence electrons. The highest BCUT2D eigenvalue weighted by atomic mass is 79.9. The molecule has 0 spiro atoms. The van der Waals surface area contributed by atoms with Crippen LogP contribution in [-0.4, -0.2) is 11.7 Å². The van der Waals surface area contributed by atoms with E-state index in [1.54, 1.807) is 0 Å². The first-order valence-electron chi connectivity index (χ1n) is 6.23. The third-order valence-electron chi connectivity index (χ3n) is 2.64. The van der Waals surface area contributed by atoms with Gasteiger partial charge in [0.15, 0.2) is 0 Å². The Kier molecular flexibility index (Phi) is 4.99. The van der Waals surface area contributed by atoms with Gasteiger partial charge in [0.05, 0.1) is 0 Å². The second kappa shape index (κ2) is 6.73. The van der Waals surface area contributed by atoms with Crippen molar-refractivity contribution in [2.24, 2.45) is 0 Å². The van der Waals surface area contributed by atoms with Gasteiger partial charge in [-0.25, -0.2) is 0 Å². The Morgan fingerprint density at radius 3 is 2.89 bits per heavy atom. The summed E-state index contributed by atoms with van der Waals surface area (Å²) < 4.78 is 11.9. The van der Waals surface area contributed by atoms with Crippen LogP contribution in [0.1, 0.15) is 23.9 Å². The molecule has 2 aromatic rings. The smallest absolute Gasteiger partial charge is 0.134 e. The molecule has 1 aromatic heterocycles. The van der Waals surface area contributed by atoms with Gasteiger partial charge in [0.1, 0.15) is 23.8 Å². The molecule has 5 heteroatoms. The van der Waals surface area contributed by atoms with Gasteiger partial charge in [0.2, 0.25) is 0 Å². The van der Waals surface area contributed by atoms with Gasteiger partial charge in [-0.05, 0) is 31.7 Å². The van der Waals surface area contributed by atoms with E-state index in [9.17, 15) is 0 Å². The van der Waals surface area contributed by atoms with Crippen LogP contribution in [0.5, 0.6) is 5.75 Å². The highest BCUT2D eigenvalue weighted by Gasteiger charge is 2.06. The molecule has 0 unspecified atom stereocenters. The van der Waals surface area contributed by atoms with Gasteiger partial charge in [-0.2, -0.15) is 0 Å². The molecule has 2 rings (SSSR count). The summed E-state index contributed by atoms with van der Waals surface area (Å²) in [5.74, 6) is 1.66. The SMILES string of the molecule is CCNCc1cc(Br)ccc1OCc1cc(C)on1. The lowest BCUT2D eigenvalue weighted by molar-refractivity contribution is 0.284. The second-order valence-corrected chi connectivity index (χ2v) is 5.17. The maximum atomic E-state index is 5.81. The number of hydrogen-bond acceptors (Lipinski definition) is 4. The van der Waals surface area contributed by atoms with Crippen molar-refractivity contribution in [1.82, 2.24) is 10.5 Å². The number of hydrogen-bond donors (Lipinski definition) is 1. The van der Waals surface area contributed by atoms with Crippen molar-refractivity contribution in [3.05, 3.63) is 45.8 Å². The zero-order valence-electron chi connectivity index (χ0n) is 11.1. The van der Waals surface area contributed by atoms with Crippen LogP contribution in [0.4, 0.5) is 0 Å². The van der Waals surface area contributed by atoms with E-state index in [0.29, 0.717) is 6.61 Å². The highest BCUT2D eigenvalue weighted by molar-refractivity contribution is 9.10. The van der Waals surface area contributed by atoms with E-state index in [0.717, 1.165) is 40.3 Å². The monoisotopic (exact) mass is 324 g/mol. The van der Waals surface area contributed by atoms with Crippen LogP contribution in [0.3, 0.4) is 0 Å². The number of aromatic nitrogens is 1. The van der Waals surface area contributed by atoms with E-state index in [1.807, 2.05) is 25.1 Å². The van der Waals surface area contributed by atoms with Gasteiger partial charge in [0, 0.05) is 22.6 Å². The van der Waals surface area contributed by atoms with Gasteiger partial charge in [0.25, 0.3) is 0 Å². The molecule has 0 atom stereocenters. The summed E-state index contributed by atoms with van der Waals surface area (Å²) in [6, 6.07) is 7.87. The van der Waals surface area contributed by atoms with E-state index in [-0.39, 0.29) is 0 Å². The van der Waals surface area contributed by atoms with E-state index in [1.165, 1.54) is 0 Å². The molecule has 1 heterocycles. The van der Waals surface area contributed by atoms with E-state index in [2.05, 4.69) is 39.4 Å². The van der Waals surface area contributed by atoms with Crippen LogP contribution >= 0.6 is 15.9 Å². The highest BCUT2D eigenvalue weighted by Crippen LogP contribution is 2.24. The summed E-state index contributed by atoms with van der Waals surface area (Å²) in [5.41, 5.74) is 1.92. The number of rotatable bonds is 6. The summed E-state index contributed by atoms with van der Waals surface area (Å²) in [6.07, 6.45) is 0. The summed E-state index contributed by atoms with van der Waals surface area (Å²) in [4.78, 5) is 0. The standard InChI is InChI=1S/C14H17BrN2O2/c1-3-16-8-11-7-12(15)4-5-14(11)18-9-13-6-10(2)19-17-13/h4-7,16H,3,8-9H2,1-2H3. The number of benzene rings is 1. The summed E-state index contributed by atoms with van der Waals surface area (Å²) in [6.45, 7) is 6.07. The molecule has 0 aliphatic heterocycles. The van der Waals surface area contributed by atoms with Crippen LogP contribution in [0, 0.1) is 6.92 Å². The Balaban J connectivity index is 2.05. The molecule has 0 bridgehead atoms. The molecular weight excluding hydrogens is 308 g/mol. The van der Waals surface area contributed by atoms with Crippen LogP contribution in [0.2, 0.25) is 0 Å². The summed E-state index contributed by atoms with van der Waals surface area (Å²) in [7, 11) is 0. The van der Waals surface area contributed by atoms with E-state index in [4.69, 9.17) is 9.26 Å². The first-order chi connectivity index (χ1) is 9.19. The molecule has 0 radical (unpaired) electrons. The largest absolute Gasteiger partial charge is 0.487 e. The third-order valence-corrected chi connectivity index (χ3v) is 3.13. The predicted molar refractivity (Wildman–Crippen MR) is 77.1 cm³/mol. The van der Waals surface area contributed by atoms with Crippen molar-refractivity contribution in [2.75, 3.05) is 6.54 Å². The van der Waals surface area contributed by atoms with Crippen molar-refractivity contribution in [3.8, 4) is 5.75 Å². The average molecular weight is 325 g/mol. The molecule has 0 fully saturated rings. The molecule has 1 aromatic carbocycles. The molecule has 0 amide bonds. The van der Waals surface area contributed by atoms with Crippen LogP contribution < -0.4 is 10.1 Å². The minimum absolute atomic E-state index is 0.415. The fourth-order valence-corrected chi connectivity index (χ4v) is 2.13. The molecule has 1 N–H and O–H groups in total. The lowest BCUT2D eigenvalue weighted by atomic mass is 10.2. The Bertz CT molecular complexity index is 540. The maximum Gasteiger partial charge on any atom is 0.134 e. The molecular formula is C14H17BrN2O2. The van der Waals surface area contributed by atoms with Crippen molar-refractivity contribution in [3.63, 3.8) is 0 Å². The lowest BCUT2D eigenvalue weighted by Crippen LogP contribution is -2.13. The predicted octanol–water partition coefficient (Wildman–Crippen LogP) is 3.43. The molecule has 19 heavy (non-hydrogen) atoms. The van der Waals surface area contributed by atoms with Gasteiger partial charge < -0.3 is 14.6 Å². The Labute approximate surface area is 121 Å². The topological polar surface area (TPSA) is 47.3 Å². The van der Waals surface area contributed by atoms with Crippen LogP contribution in [0.25, 0.3) is 0 Å². The molecule has 0 saturated heterocycles. The van der Waals surface area contributed by atoms with Crippen LogP contribution in [-0.2, 0) is 13.2 Å². The average Bonchev–Trinajstić information content (AvgIpc) is 2.81. The summed E-state index contributed by atoms with van der Waals surface area (Å²) >= 11 is 3.48. The van der Waals surface area contributed by atoms with Crippen molar-refractivity contribution in [1.29, 1.82) is 0 Å². The number of nitrogens with one attached hydrogen (secondary N) is 1. The van der Waals surface area contributed by atoms with Gasteiger partial charge in [-0.3, -0.25) is 0 Å². The molecule has 0 saturated carbocycles. The van der Waals surface area contributed by atoms with E-state index >= 15 is 0 Å². The quantitative estimate of drug-likeness (QED) is 0.884. The Morgan fingerprint density at radius 1 is 1.37 bits per heavy atom. The number of halogens is 1. The maximum absolute atomic E-state index is 5.81. The zero-order chi connectivity index (χ0) is 13.7. The van der Waals surface area contributed by atoms with Gasteiger partial charge >= 0.3 is 0 Å². The van der Waals surface area contributed by atoms with Crippen molar-refractivity contribution in [2.45, 2.75) is 27.0 Å². The first-order valence-corrected chi connectivity index (χ1v) is 7.02. The molecule has 0 aliphatic carbocycles. The number of ether oxygens (including phenoxy) is 1. The molecule has 0 aliphatic rings. The minimum Gasteiger partial charge on any atom is -0.487 e. The third kappa shape index (κ3) is 4.08. The minimum atomic E-state index is 0.415. The normalized spacial score (nSPS) is 10.7. The number of nitrogens with zero attached hydrogens (tertiary/aromatic N) is 1. The van der Waals surface area contributed by atoms with Gasteiger partial charge in [-0.1, -0.05) is 28.0 Å². The van der Waals surface area contributed by atoms with Crippen LogP contribution in [0.15, 0.2) is 33.3 Å². The Morgan fingerprint density at radius 2 is 2.21 bits per heavy atom. The second-order valence-electron chi connectivity index (χ2n) is 4.25. The zero-order valence-corrected chi connectivity index (χ0v) is 12.7. The first kappa shape index (κ1) is 14.1. The van der Waals surface area contributed by atoms with Crippen molar-refractivity contribution >= 4 is 15.9 Å². The fourth-order valence-electron chi connectivity index (χ4n) is 1.72. The van der Waals surface area contributed by atoms with Crippen molar-refractivity contribution < 1.29 is 9.26 Å². The molecule has 4 nitrogen and oxygen atoms in total. The van der Waals surface area contributed by atoms with Gasteiger partial charge in [-0.15, -0.1) is 0 Å². The fraction of sp³-hybridized carbons (Fsp3) is 0.357. The lowest BCUT2D eigenvalue weighted by Gasteiger charge is -2.11. The van der Waals surface area contributed by atoms with E-state index < -0.39 is 0 Å². The summed E-state index contributed by atoms with van der Waals surface area (Å²) in [5, 5.41) is 7.21. The number of aryl methyl sites for hydroxylation is 1.